The van der Waals surface area contributed by atoms with Crippen LogP contribution in [0.2, 0.25) is 0 Å². The number of nitrogens with zero attached hydrogens (tertiary/aromatic N) is 1. The molecule has 1 fully saturated rings. The minimum Gasteiger partial charge on any atom is -0.369 e. The van der Waals surface area contributed by atoms with E-state index in [4.69, 9.17) is 0 Å². The average Bonchev–Trinajstić information content (AvgIpc) is 3.06. The van der Waals surface area contributed by atoms with Crippen molar-refractivity contribution in [2.45, 2.75) is 46.0 Å². The summed E-state index contributed by atoms with van der Waals surface area (Å²) in [5.74, 6) is 1.70. The SMILES string of the molecule is CCC1(CNc2cc(=O)[nH]c(C(C)C)n2)CC1. The smallest absolute Gasteiger partial charge is 0.252 e. The molecule has 17 heavy (non-hydrogen) atoms. The molecule has 0 amide bonds. The zero-order chi connectivity index (χ0) is 12.5. The highest BCUT2D eigenvalue weighted by Gasteiger charge is 2.40. The Hall–Kier alpha value is -1.32. The first-order valence-corrected chi connectivity index (χ1v) is 6.40. The van der Waals surface area contributed by atoms with E-state index in [0.717, 1.165) is 12.4 Å². The minimum atomic E-state index is -0.0763. The number of hydrogen-bond acceptors (Lipinski definition) is 3. The number of aromatic amines is 1. The lowest BCUT2D eigenvalue weighted by atomic mass is 10.0. The fourth-order valence-corrected chi connectivity index (χ4v) is 1.95. The van der Waals surface area contributed by atoms with E-state index in [1.807, 2.05) is 13.8 Å². The van der Waals surface area contributed by atoms with Gasteiger partial charge in [0, 0.05) is 18.5 Å². The van der Waals surface area contributed by atoms with E-state index in [1.165, 1.54) is 25.3 Å². The molecule has 4 nitrogen and oxygen atoms in total. The van der Waals surface area contributed by atoms with Crippen LogP contribution in [0.15, 0.2) is 10.9 Å². The molecule has 0 aromatic carbocycles. The molecule has 1 aromatic heterocycles. The van der Waals surface area contributed by atoms with Gasteiger partial charge in [0.05, 0.1) is 0 Å². The number of H-pyrrole nitrogens is 1. The van der Waals surface area contributed by atoms with Crippen LogP contribution in [0.3, 0.4) is 0 Å². The Morgan fingerprint density at radius 3 is 2.76 bits per heavy atom. The minimum absolute atomic E-state index is 0.0763. The number of nitrogens with one attached hydrogen (secondary N) is 2. The van der Waals surface area contributed by atoms with Crippen molar-refractivity contribution >= 4 is 5.82 Å². The van der Waals surface area contributed by atoms with Crippen LogP contribution in [0.4, 0.5) is 5.82 Å². The van der Waals surface area contributed by atoms with Crippen LogP contribution in [0.25, 0.3) is 0 Å². The van der Waals surface area contributed by atoms with Crippen LogP contribution < -0.4 is 10.9 Å². The summed E-state index contributed by atoms with van der Waals surface area (Å²) in [7, 11) is 0. The maximum atomic E-state index is 11.5. The Bertz CT molecular complexity index is 446. The summed E-state index contributed by atoms with van der Waals surface area (Å²) in [5.41, 5.74) is 0.384. The average molecular weight is 235 g/mol. The van der Waals surface area contributed by atoms with Crippen LogP contribution in [-0.2, 0) is 0 Å². The highest BCUT2D eigenvalue weighted by atomic mass is 16.1. The fourth-order valence-electron chi connectivity index (χ4n) is 1.95. The second-order valence-corrected chi connectivity index (χ2v) is 5.38. The zero-order valence-electron chi connectivity index (χ0n) is 10.8. The van der Waals surface area contributed by atoms with Crippen LogP contribution in [0.5, 0.6) is 0 Å². The lowest BCUT2D eigenvalue weighted by molar-refractivity contribution is 0.520. The summed E-state index contributed by atoms with van der Waals surface area (Å²) in [5, 5.41) is 3.30. The van der Waals surface area contributed by atoms with Gasteiger partial charge < -0.3 is 10.3 Å². The molecule has 1 aliphatic rings. The molecule has 1 aliphatic carbocycles. The van der Waals surface area contributed by atoms with E-state index in [0.29, 0.717) is 11.2 Å². The van der Waals surface area contributed by atoms with Crippen molar-refractivity contribution in [2.75, 3.05) is 11.9 Å². The first-order chi connectivity index (χ1) is 8.04. The first-order valence-electron chi connectivity index (χ1n) is 6.40. The van der Waals surface area contributed by atoms with Crippen molar-refractivity contribution < 1.29 is 0 Å². The Kier molecular flexibility index (Phi) is 3.22. The lowest BCUT2D eigenvalue weighted by Crippen LogP contribution is -2.19. The molecule has 0 radical (unpaired) electrons. The number of rotatable bonds is 5. The summed E-state index contributed by atoms with van der Waals surface area (Å²) >= 11 is 0. The van der Waals surface area contributed by atoms with Gasteiger partial charge in [-0.15, -0.1) is 0 Å². The Labute approximate surface area is 102 Å². The zero-order valence-corrected chi connectivity index (χ0v) is 10.8. The molecule has 94 valence electrons. The molecule has 2 N–H and O–H groups in total. The van der Waals surface area contributed by atoms with Crippen LogP contribution >= 0.6 is 0 Å². The van der Waals surface area contributed by atoms with Crippen molar-refractivity contribution in [2.24, 2.45) is 5.41 Å². The molecule has 0 saturated heterocycles. The third-order valence-corrected chi connectivity index (χ3v) is 3.66. The molecule has 4 heteroatoms. The van der Waals surface area contributed by atoms with Gasteiger partial charge in [0.25, 0.3) is 5.56 Å². The molecule has 1 aromatic rings. The predicted octanol–water partition coefficient (Wildman–Crippen LogP) is 2.50. The van der Waals surface area contributed by atoms with Crippen LogP contribution in [0.1, 0.15) is 51.8 Å². The van der Waals surface area contributed by atoms with Crippen molar-refractivity contribution in [1.82, 2.24) is 9.97 Å². The molecule has 0 bridgehead atoms. The Balaban J connectivity index is 2.08. The molecular weight excluding hydrogens is 214 g/mol. The third kappa shape index (κ3) is 2.87. The highest BCUT2D eigenvalue weighted by Crippen LogP contribution is 2.48. The molecular formula is C13H21N3O. The van der Waals surface area contributed by atoms with Gasteiger partial charge in [-0.05, 0) is 24.7 Å². The molecule has 2 rings (SSSR count). The number of hydrogen-bond donors (Lipinski definition) is 2. The predicted molar refractivity (Wildman–Crippen MR) is 69.4 cm³/mol. The second kappa shape index (κ2) is 4.51. The van der Waals surface area contributed by atoms with E-state index < -0.39 is 0 Å². The highest BCUT2D eigenvalue weighted by molar-refractivity contribution is 5.34. The standard InChI is InChI=1S/C13H21N3O/c1-4-13(5-6-13)8-14-10-7-11(17)16-12(15-10)9(2)3/h7,9H,4-6,8H2,1-3H3,(H2,14,15,16,17). The summed E-state index contributed by atoms with van der Waals surface area (Å²) in [6.45, 7) is 7.20. The summed E-state index contributed by atoms with van der Waals surface area (Å²) in [6, 6.07) is 1.54. The van der Waals surface area contributed by atoms with Gasteiger partial charge >= 0.3 is 0 Å². The van der Waals surface area contributed by atoms with Crippen LogP contribution in [0, 0.1) is 5.41 Å². The Morgan fingerprint density at radius 2 is 2.24 bits per heavy atom. The molecule has 0 spiro atoms. The van der Waals surface area contributed by atoms with E-state index in [-0.39, 0.29) is 11.5 Å². The Morgan fingerprint density at radius 1 is 1.53 bits per heavy atom. The topological polar surface area (TPSA) is 57.8 Å². The van der Waals surface area contributed by atoms with Crippen LogP contribution in [-0.4, -0.2) is 16.5 Å². The van der Waals surface area contributed by atoms with Gasteiger partial charge in [0.2, 0.25) is 0 Å². The normalized spacial score (nSPS) is 17.2. The quantitative estimate of drug-likeness (QED) is 0.824. The summed E-state index contributed by atoms with van der Waals surface area (Å²) in [6.07, 6.45) is 3.77. The van der Waals surface area contributed by atoms with E-state index in [1.54, 1.807) is 0 Å². The van der Waals surface area contributed by atoms with Crippen molar-refractivity contribution in [3.63, 3.8) is 0 Å². The maximum Gasteiger partial charge on any atom is 0.252 e. The second-order valence-electron chi connectivity index (χ2n) is 5.38. The van der Waals surface area contributed by atoms with Gasteiger partial charge in [0.1, 0.15) is 11.6 Å². The summed E-state index contributed by atoms with van der Waals surface area (Å²) in [4.78, 5) is 18.7. The monoisotopic (exact) mass is 235 g/mol. The van der Waals surface area contributed by atoms with Gasteiger partial charge in [0.15, 0.2) is 0 Å². The van der Waals surface area contributed by atoms with Crippen molar-refractivity contribution in [3.05, 3.63) is 22.2 Å². The molecule has 0 aliphatic heterocycles. The van der Waals surface area contributed by atoms with Crippen molar-refractivity contribution in [1.29, 1.82) is 0 Å². The van der Waals surface area contributed by atoms with E-state index in [2.05, 4.69) is 22.2 Å². The third-order valence-electron chi connectivity index (χ3n) is 3.66. The molecule has 0 atom stereocenters. The lowest BCUT2D eigenvalue weighted by Gasteiger charge is -2.14. The first kappa shape index (κ1) is 12.1. The maximum absolute atomic E-state index is 11.5. The summed E-state index contributed by atoms with van der Waals surface area (Å²) < 4.78 is 0. The molecule has 1 heterocycles. The largest absolute Gasteiger partial charge is 0.369 e. The van der Waals surface area contributed by atoms with Gasteiger partial charge in [-0.3, -0.25) is 4.79 Å². The van der Waals surface area contributed by atoms with E-state index >= 15 is 0 Å². The molecule has 1 saturated carbocycles. The van der Waals surface area contributed by atoms with E-state index in [9.17, 15) is 4.79 Å². The molecule has 0 unspecified atom stereocenters. The van der Waals surface area contributed by atoms with Crippen molar-refractivity contribution in [3.8, 4) is 0 Å². The van der Waals surface area contributed by atoms with Gasteiger partial charge in [-0.25, -0.2) is 4.98 Å². The number of aromatic nitrogens is 2. The number of anilines is 1. The fraction of sp³-hybridized carbons (Fsp3) is 0.692. The van der Waals surface area contributed by atoms with Gasteiger partial charge in [-0.1, -0.05) is 20.8 Å². The van der Waals surface area contributed by atoms with Gasteiger partial charge in [-0.2, -0.15) is 0 Å².